The van der Waals surface area contributed by atoms with Gasteiger partial charge in [-0.1, -0.05) is 24.3 Å². The molecule has 0 bridgehead atoms. The minimum absolute atomic E-state index is 0.237. The van der Waals surface area contributed by atoms with Gasteiger partial charge < -0.3 is 4.42 Å². The first-order valence-corrected chi connectivity index (χ1v) is 9.25. The fraction of sp³-hybridized carbons (Fsp3) is 0.0800. The molecule has 28 heavy (non-hydrogen) atoms. The maximum Gasteiger partial charge on any atom is 0.145 e. The minimum Gasteiger partial charge on any atom is -0.455 e. The second kappa shape index (κ2) is 6.31. The van der Waals surface area contributed by atoms with E-state index >= 15 is 0 Å². The van der Waals surface area contributed by atoms with E-state index in [1.807, 2.05) is 18.3 Å². The topological polar surface area (TPSA) is 26.0 Å². The number of benzene rings is 3. The molecule has 3 aromatic carbocycles. The molecule has 5 rings (SSSR count). The first kappa shape index (κ1) is 16.7. The van der Waals surface area contributed by atoms with Gasteiger partial charge in [-0.2, -0.15) is 0 Å². The van der Waals surface area contributed by atoms with Gasteiger partial charge in [0.05, 0.1) is 5.69 Å². The molecule has 0 fully saturated rings. The second-order valence-electron chi connectivity index (χ2n) is 7.17. The van der Waals surface area contributed by atoms with Crippen LogP contribution in [0, 0.1) is 19.7 Å². The van der Waals surface area contributed by atoms with Crippen molar-refractivity contribution >= 4 is 21.9 Å². The number of hydrogen-bond acceptors (Lipinski definition) is 2. The molecule has 0 aliphatic carbocycles. The number of pyridine rings is 1. The molecule has 0 radical (unpaired) electrons. The summed E-state index contributed by atoms with van der Waals surface area (Å²) in [5.41, 5.74) is 7.85. The number of aromatic nitrogens is 1. The van der Waals surface area contributed by atoms with E-state index in [0.717, 1.165) is 49.9 Å². The zero-order valence-electron chi connectivity index (χ0n) is 15.7. The molecule has 0 saturated heterocycles. The maximum atomic E-state index is 13.2. The molecular weight excluding hydrogens is 349 g/mol. The number of nitrogens with zero attached hydrogens (tertiary/aromatic N) is 1. The lowest BCUT2D eigenvalue weighted by Crippen LogP contribution is -1.86. The minimum atomic E-state index is -0.237. The summed E-state index contributed by atoms with van der Waals surface area (Å²) in [6.45, 7) is 4.16. The molecule has 0 aliphatic heterocycles. The number of rotatable bonds is 2. The lowest BCUT2D eigenvalue weighted by Gasteiger charge is -2.04. The third-order valence-corrected chi connectivity index (χ3v) is 5.20. The first-order valence-electron chi connectivity index (χ1n) is 9.25. The highest BCUT2D eigenvalue weighted by atomic mass is 19.1. The van der Waals surface area contributed by atoms with Crippen molar-refractivity contribution in [1.29, 1.82) is 0 Å². The van der Waals surface area contributed by atoms with Crippen LogP contribution in [0.2, 0.25) is 0 Å². The zero-order chi connectivity index (χ0) is 19.3. The van der Waals surface area contributed by atoms with Crippen molar-refractivity contribution in [2.24, 2.45) is 0 Å². The van der Waals surface area contributed by atoms with Gasteiger partial charge in [-0.3, -0.25) is 4.98 Å². The van der Waals surface area contributed by atoms with Crippen LogP contribution in [0.15, 0.2) is 77.3 Å². The van der Waals surface area contributed by atoms with Crippen LogP contribution in [0.4, 0.5) is 4.39 Å². The molecule has 2 heterocycles. The van der Waals surface area contributed by atoms with Crippen LogP contribution in [0.25, 0.3) is 44.3 Å². The fourth-order valence-corrected chi connectivity index (χ4v) is 3.75. The zero-order valence-corrected chi connectivity index (χ0v) is 15.7. The van der Waals surface area contributed by atoms with Gasteiger partial charge in [-0.15, -0.1) is 0 Å². The van der Waals surface area contributed by atoms with Crippen molar-refractivity contribution in [3.8, 4) is 22.4 Å². The summed E-state index contributed by atoms with van der Waals surface area (Å²) in [6, 6.07) is 20.9. The standard InChI is InChI=1S/C25H18FNO/c1-15-11-12-27-22(13-15)20-9-3-16(2)24-21-10-6-18(14-23(21)28-25(20)24)17-4-7-19(26)8-5-17/h3-14H,1-2H3. The highest BCUT2D eigenvalue weighted by molar-refractivity contribution is 6.11. The molecule has 3 heteroatoms. The van der Waals surface area contributed by atoms with E-state index in [1.165, 1.54) is 17.7 Å². The van der Waals surface area contributed by atoms with Crippen molar-refractivity contribution in [3.63, 3.8) is 0 Å². The van der Waals surface area contributed by atoms with Crippen molar-refractivity contribution < 1.29 is 8.81 Å². The van der Waals surface area contributed by atoms with E-state index < -0.39 is 0 Å². The van der Waals surface area contributed by atoms with Crippen molar-refractivity contribution in [3.05, 3.63) is 89.9 Å². The Morgan fingerprint density at radius 2 is 1.61 bits per heavy atom. The van der Waals surface area contributed by atoms with Gasteiger partial charge in [0.1, 0.15) is 17.0 Å². The molecule has 5 aromatic rings. The van der Waals surface area contributed by atoms with E-state index in [2.05, 4.69) is 49.2 Å². The summed E-state index contributed by atoms with van der Waals surface area (Å²) in [5.74, 6) is -0.237. The van der Waals surface area contributed by atoms with E-state index in [9.17, 15) is 4.39 Å². The Morgan fingerprint density at radius 3 is 2.39 bits per heavy atom. The third-order valence-electron chi connectivity index (χ3n) is 5.20. The van der Waals surface area contributed by atoms with Gasteiger partial charge >= 0.3 is 0 Å². The Balaban J connectivity index is 1.76. The molecular formula is C25H18FNO. The van der Waals surface area contributed by atoms with E-state index in [4.69, 9.17) is 4.42 Å². The highest BCUT2D eigenvalue weighted by Gasteiger charge is 2.16. The van der Waals surface area contributed by atoms with Gasteiger partial charge in [-0.05, 0) is 78.6 Å². The molecule has 0 N–H and O–H groups in total. The SMILES string of the molecule is Cc1ccnc(-c2ccc(C)c3c2oc2cc(-c4ccc(F)cc4)ccc23)c1. The van der Waals surface area contributed by atoms with Gasteiger partial charge in [0, 0.05) is 22.5 Å². The van der Waals surface area contributed by atoms with Crippen molar-refractivity contribution in [2.75, 3.05) is 0 Å². The summed E-state index contributed by atoms with van der Waals surface area (Å²) in [5, 5.41) is 2.19. The predicted octanol–water partition coefficient (Wildman–Crippen LogP) is 7.07. The van der Waals surface area contributed by atoms with Crippen LogP contribution >= 0.6 is 0 Å². The van der Waals surface area contributed by atoms with Crippen LogP contribution in [0.1, 0.15) is 11.1 Å². The molecule has 0 aliphatic rings. The summed E-state index contributed by atoms with van der Waals surface area (Å²) < 4.78 is 19.6. The van der Waals surface area contributed by atoms with Crippen LogP contribution in [-0.4, -0.2) is 4.98 Å². The average molecular weight is 367 g/mol. The lowest BCUT2D eigenvalue weighted by atomic mass is 9.99. The van der Waals surface area contributed by atoms with Crippen molar-refractivity contribution in [2.45, 2.75) is 13.8 Å². The maximum absolute atomic E-state index is 13.2. The number of halogens is 1. The molecule has 2 aromatic heterocycles. The summed E-state index contributed by atoms with van der Waals surface area (Å²) in [4.78, 5) is 4.54. The Bertz CT molecular complexity index is 1330. The monoisotopic (exact) mass is 367 g/mol. The molecule has 0 spiro atoms. The van der Waals surface area contributed by atoms with Crippen LogP contribution < -0.4 is 0 Å². The average Bonchev–Trinajstić information content (AvgIpc) is 3.08. The second-order valence-corrected chi connectivity index (χ2v) is 7.17. The Kier molecular flexibility index (Phi) is 3.76. The molecule has 0 saturated carbocycles. The van der Waals surface area contributed by atoms with Crippen LogP contribution in [-0.2, 0) is 0 Å². The van der Waals surface area contributed by atoms with E-state index in [1.54, 1.807) is 12.1 Å². The van der Waals surface area contributed by atoms with E-state index in [-0.39, 0.29) is 5.82 Å². The predicted molar refractivity (Wildman–Crippen MR) is 112 cm³/mol. The lowest BCUT2D eigenvalue weighted by molar-refractivity contribution is 0.628. The smallest absolute Gasteiger partial charge is 0.145 e. The van der Waals surface area contributed by atoms with Gasteiger partial charge in [0.2, 0.25) is 0 Å². The fourth-order valence-electron chi connectivity index (χ4n) is 3.75. The van der Waals surface area contributed by atoms with E-state index in [0.29, 0.717) is 0 Å². The largest absolute Gasteiger partial charge is 0.455 e. The molecule has 0 amide bonds. The Morgan fingerprint density at radius 1 is 0.821 bits per heavy atom. The molecule has 0 unspecified atom stereocenters. The number of aryl methyl sites for hydroxylation is 2. The summed E-state index contributed by atoms with van der Waals surface area (Å²) in [6.07, 6.45) is 1.83. The number of fused-ring (bicyclic) bond motifs is 3. The summed E-state index contributed by atoms with van der Waals surface area (Å²) in [7, 11) is 0. The van der Waals surface area contributed by atoms with Gasteiger partial charge in [0.25, 0.3) is 0 Å². The molecule has 0 atom stereocenters. The van der Waals surface area contributed by atoms with Gasteiger partial charge in [0.15, 0.2) is 0 Å². The highest BCUT2D eigenvalue weighted by Crippen LogP contribution is 2.38. The Labute approximate surface area is 162 Å². The first-order chi connectivity index (χ1) is 13.6. The number of hydrogen-bond donors (Lipinski definition) is 0. The molecule has 2 nitrogen and oxygen atoms in total. The van der Waals surface area contributed by atoms with Crippen LogP contribution in [0.5, 0.6) is 0 Å². The summed E-state index contributed by atoms with van der Waals surface area (Å²) >= 11 is 0. The normalized spacial score (nSPS) is 11.4. The van der Waals surface area contributed by atoms with Gasteiger partial charge in [-0.25, -0.2) is 4.39 Å². The Hall–Kier alpha value is -3.46. The van der Waals surface area contributed by atoms with Crippen molar-refractivity contribution in [1.82, 2.24) is 4.98 Å². The quantitative estimate of drug-likeness (QED) is 0.333. The molecule has 136 valence electrons. The third kappa shape index (κ3) is 2.67. The van der Waals surface area contributed by atoms with Crippen LogP contribution in [0.3, 0.4) is 0 Å². The number of furan rings is 1.